The van der Waals surface area contributed by atoms with E-state index in [1.165, 1.54) is 13.8 Å². The van der Waals surface area contributed by atoms with Crippen LogP contribution in [0.5, 0.6) is 0 Å². The third-order valence-electron chi connectivity index (χ3n) is 3.79. The number of aromatic nitrogens is 1. The second-order valence-electron chi connectivity index (χ2n) is 6.81. The van der Waals surface area contributed by atoms with Gasteiger partial charge in [0.2, 0.25) is 0 Å². The van der Waals surface area contributed by atoms with Crippen molar-refractivity contribution in [2.24, 2.45) is 5.73 Å². The van der Waals surface area contributed by atoms with Crippen LogP contribution < -0.4 is 11.1 Å². The van der Waals surface area contributed by atoms with E-state index in [4.69, 9.17) is 5.73 Å². The predicted octanol–water partition coefficient (Wildman–Crippen LogP) is 2.81. The van der Waals surface area contributed by atoms with Crippen molar-refractivity contribution in [1.29, 1.82) is 0 Å². The van der Waals surface area contributed by atoms with Gasteiger partial charge >= 0.3 is 0 Å². The van der Waals surface area contributed by atoms with Gasteiger partial charge < -0.3 is 16.2 Å². The van der Waals surface area contributed by atoms with E-state index in [0.29, 0.717) is 11.2 Å². The second kappa shape index (κ2) is 6.73. The fourth-order valence-corrected chi connectivity index (χ4v) is 2.53. The smallest absolute Gasteiger partial charge is 0.252 e. The number of nitrogens with zero attached hydrogens (tertiary/aromatic N) is 1. The summed E-state index contributed by atoms with van der Waals surface area (Å²) in [6.45, 7) is 6.65. The van der Waals surface area contributed by atoms with Crippen LogP contribution in [0.1, 0.15) is 43.7 Å². The average molecular weight is 333 g/mol. The molecule has 0 radical (unpaired) electrons. The highest BCUT2D eigenvalue weighted by Gasteiger charge is 2.30. The number of carbonyl (C=O) groups is 1. The topological polar surface area (TPSA) is 88.2 Å². The molecule has 0 aliphatic carbocycles. The number of benzene rings is 1. The van der Waals surface area contributed by atoms with Crippen LogP contribution in [0.2, 0.25) is 0 Å². The molecular weight excluding hydrogens is 309 g/mol. The van der Waals surface area contributed by atoms with Gasteiger partial charge in [-0.1, -0.05) is 18.2 Å². The minimum absolute atomic E-state index is 0.0530. The molecule has 0 spiro atoms. The fourth-order valence-electron chi connectivity index (χ4n) is 2.53. The summed E-state index contributed by atoms with van der Waals surface area (Å²) in [6, 6.07) is 7.36. The summed E-state index contributed by atoms with van der Waals surface area (Å²) >= 11 is 0. The second-order valence-corrected chi connectivity index (χ2v) is 6.81. The van der Waals surface area contributed by atoms with Crippen molar-refractivity contribution in [2.45, 2.75) is 51.9 Å². The number of amides is 1. The summed E-state index contributed by atoms with van der Waals surface area (Å²) in [5, 5.41) is 13.8. The van der Waals surface area contributed by atoms with Gasteiger partial charge in [-0.25, -0.2) is 4.39 Å². The van der Waals surface area contributed by atoms with Crippen molar-refractivity contribution < 1.29 is 14.3 Å². The number of halogens is 1. The molecule has 1 atom stereocenters. The Morgan fingerprint density at radius 2 is 2.00 bits per heavy atom. The number of fused-ring (bicyclic) bond motifs is 1. The molecule has 5 nitrogen and oxygen atoms in total. The van der Waals surface area contributed by atoms with Crippen molar-refractivity contribution in [3.63, 3.8) is 0 Å². The third-order valence-corrected chi connectivity index (χ3v) is 3.79. The fraction of sp³-hybridized carbons (Fsp3) is 0.444. The lowest BCUT2D eigenvalue weighted by Gasteiger charge is -2.24. The van der Waals surface area contributed by atoms with Gasteiger partial charge in [0.15, 0.2) is 0 Å². The standard InChI is InChI=1S/C18H24FN3O2/c1-10(2)21-16-11-7-5-6-8-12(11)22-13(15(16)17(20)23)9-14(19)18(3,4)24/h5-8,10,14,24H,9H2,1-4H3,(H2,20,23)(H,21,22). The molecule has 130 valence electrons. The van der Waals surface area contributed by atoms with Gasteiger partial charge in [-0.15, -0.1) is 0 Å². The molecule has 1 unspecified atom stereocenters. The van der Waals surface area contributed by atoms with Crippen molar-refractivity contribution >= 4 is 22.5 Å². The largest absolute Gasteiger partial charge is 0.387 e. The molecule has 0 aliphatic heterocycles. The number of hydrogen-bond donors (Lipinski definition) is 3. The predicted molar refractivity (Wildman–Crippen MR) is 93.9 cm³/mol. The lowest BCUT2D eigenvalue weighted by molar-refractivity contribution is -0.00304. The average Bonchev–Trinajstić information content (AvgIpc) is 2.45. The van der Waals surface area contributed by atoms with Crippen LogP contribution >= 0.6 is 0 Å². The zero-order valence-corrected chi connectivity index (χ0v) is 14.4. The Balaban J connectivity index is 2.69. The van der Waals surface area contributed by atoms with Gasteiger partial charge in [0.05, 0.1) is 28.1 Å². The van der Waals surface area contributed by atoms with Crippen LogP contribution in [-0.4, -0.2) is 33.8 Å². The molecule has 1 aromatic heterocycles. The molecule has 24 heavy (non-hydrogen) atoms. The van der Waals surface area contributed by atoms with Crippen molar-refractivity contribution in [2.75, 3.05) is 5.32 Å². The van der Waals surface area contributed by atoms with Gasteiger partial charge in [0, 0.05) is 17.8 Å². The van der Waals surface area contributed by atoms with Crippen molar-refractivity contribution in [1.82, 2.24) is 4.98 Å². The van der Waals surface area contributed by atoms with E-state index >= 15 is 0 Å². The van der Waals surface area contributed by atoms with Crippen LogP contribution in [0.4, 0.5) is 10.1 Å². The first-order valence-electron chi connectivity index (χ1n) is 7.95. The Morgan fingerprint density at radius 1 is 1.38 bits per heavy atom. The number of nitrogens with two attached hydrogens (primary N) is 1. The Kier molecular flexibility index (Phi) is 5.08. The van der Waals surface area contributed by atoms with E-state index in [1.807, 2.05) is 32.0 Å². The molecule has 0 saturated carbocycles. The summed E-state index contributed by atoms with van der Waals surface area (Å²) < 4.78 is 14.4. The van der Waals surface area contributed by atoms with Crippen LogP contribution in [-0.2, 0) is 6.42 Å². The molecule has 2 aromatic rings. The molecule has 0 saturated heterocycles. The van der Waals surface area contributed by atoms with E-state index in [9.17, 15) is 14.3 Å². The molecule has 1 aromatic carbocycles. The lowest BCUT2D eigenvalue weighted by Crippen LogP contribution is -2.35. The number of hydrogen-bond acceptors (Lipinski definition) is 4. The van der Waals surface area contributed by atoms with Crippen LogP contribution in [0.3, 0.4) is 0 Å². The van der Waals surface area contributed by atoms with E-state index in [2.05, 4.69) is 10.3 Å². The highest BCUT2D eigenvalue weighted by atomic mass is 19.1. The molecule has 6 heteroatoms. The maximum Gasteiger partial charge on any atom is 0.252 e. The third kappa shape index (κ3) is 3.82. The van der Waals surface area contributed by atoms with E-state index in [-0.39, 0.29) is 23.7 Å². The van der Waals surface area contributed by atoms with E-state index in [0.717, 1.165) is 5.39 Å². The number of pyridine rings is 1. The molecule has 1 heterocycles. The first-order chi connectivity index (χ1) is 11.1. The van der Waals surface area contributed by atoms with Gasteiger partial charge in [-0.2, -0.15) is 0 Å². The zero-order chi connectivity index (χ0) is 18.1. The monoisotopic (exact) mass is 333 g/mol. The molecule has 2 rings (SSSR count). The number of para-hydroxylation sites is 1. The quantitative estimate of drug-likeness (QED) is 0.758. The first kappa shape index (κ1) is 18.1. The van der Waals surface area contributed by atoms with Gasteiger partial charge in [0.25, 0.3) is 5.91 Å². The van der Waals surface area contributed by atoms with Crippen LogP contribution in [0, 0.1) is 0 Å². The molecule has 0 fully saturated rings. The normalized spacial score (nSPS) is 13.3. The Bertz CT molecular complexity index is 754. The lowest BCUT2D eigenvalue weighted by atomic mass is 9.95. The summed E-state index contributed by atoms with van der Waals surface area (Å²) in [5.74, 6) is -0.672. The van der Waals surface area contributed by atoms with E-state index in [1.54, 1.807) is 6.07 Å². The maximum absolute atomic E-state index is 14.4. The van der Waals surface area contributed by atoms with Gasteiger partial charge in [-0.05, 0) is 33.8 Å². The summed E-state index contributed by atoms with van der Waals surface area (Å²) in [4.78, 5) is 16.5. The number of carbonyl (C=O) groups excluding carboxylic acids is 1. The van der Waals surface area contributed by atoms with Crippen LogP contribution in [0.15, 0.2) is 24.3 Å². The Morgan fingerprint density at radius 3 is 2.54 bits per heavy atom. The number of rotatable bonds is 6. The Labute approximate surface area is 141 Å². The molecule has 4 N–H and O–H groups in total. The number of nitrogens with one attached hydrogen (secondary N) is 1. The summed E-state index contributed by atoms with van der Waals surface area (Å²) in [5.41, 5.74) is 5.65. The molecule has 0 bridgehead atoms. The van der Waals surface area contributed by atoms with Gasteiger partial charge in [-0.3, -0.25) is 9.78 Å². The number of alkyl halides is 1. The van der Waals surface area contributed by atoms with E-state index < -0.39 is 17.7 Å². The van der Waals surface area contributed by atoms with Crippen LogP contribution in [0.25, 0.3) is 10.9 Å². The van der Waals surface area contributed by atoms with Gasteiger partial charge in [0.1, 0.15) is 6.17 Å². The zero-order valence-electron chi connectivity index (χ0n) is 14.4. The highest BCUT2D eigenvalue weighted by Crippen LogP contribution is 2.31. The minimum Gasteiger partial charge on any atom is -0.387 e. The number of anilines is 1. The summed E-state index contributed by atoms with van der Waals surface area (Å²) in [7, 11) is 0. The first-order valence-corrected chi connectivity index (χ1v) is 7.95. The molecule has 1 amide bonds. The van der Waals surface area contributed by atoms with Crippen molar-refractivity contribution in [3.05, 3.63) is 35.5 Å². The SMILES string of the molecule is CC(C)Nc1c(C(N)=O)c(CC(F)C(C)(C)O)nc2ccccc12. The highest BCUT2D eigenvalue weighted by molar-refractivity contribution is 6.07. The maximum atomic E-state index is 14.4. The molecule has 0 aliphatic rings. The number of primary amides is 1. The van der Waals surface area contributed by atoms with Crippen molar-refractivity contribution in [3.8, 4) is 0 Å². The Hall–Kier alpha value is -2.21. The minimum atomic E-state index is -1.57. The summed E-state index contributed by atoms with van der Waals surface area (Å²) in [6.07, 6.45) is -1.77. The number of aliphatic hydroxyl groups is 1. The molecular formula is C18H24FN3O2.